The van der Waals surface area contributed by atoms with Crippen LogP contribution in [0.4, 0.5) is 0 Å². The highest BCUT2D eigenvalue weighted by Gasteiger charge is 2.30. The molecule has 68 valence electrons. The zero-order valence-corrected chi connectivity index (χ0v) is 7.33. The lowest BCUT2D eigenvalue weighted by atomic mass is 10.3. The summed E-state index contributed by atoms with van der Waals surface area (Å²) in [7, 11) is 0. The largest absolute Gasteiger partial charge is 0.336 e. The van der Waals surface area contributed by atoms with Gasteiger partial charge in [0.05, 0.1) is 0 Å². The Labute approximate surface area is 73.2 Å². The smallest absolute Gasteiger partial charge is 0.224 e. The molecule has 0 aromatic heterocycles. The van der Waals surface area contributed by atoms with E-state index in [4.69, 9.17) is 5.73 Å². The Hall–Kier alpha value is -0.830. The summed E-state index contributed by atoms with van der Waals surface area (Å²) < 4.78 is 0. The van der Waals surface area contributed by atoms with Crippen molar-refractivity contribution in [3.05, 3.63) is 12.7 Å². The second-order valence-corrected chi connectivity index (χ2v) is 3.10. The lowest BCUT2D eigenvalue weighted by molar-refractivity contribution is -0.131. The average Bonchev–Trinajstić information content (AvgIpc) is 2.83. The van der Waals surface area contributed by atoms with Crippen LogP contribution in [0, 0.1) is 0 Å². The Morgan fingerprint density at radius 3 is 2.75 bits per heavy atom. The van der Waals surface area contributed by atoms with Crippen molar-refractivity contribution < 1.29 is 4.79 Å². The number of hydrogen-bond donors (Lipinski definition) is 1. The first-order valence-corrected chi connectivity index (χ1v) is 4.40. The summed E-state index contributed by atoms with van der Waals surface area (Å²) in [6.45, 7) is 4.74. The van der Waals surface area contributed by atoms with E-state index in [1.54, 1.807) is 6.08 Å². The highest BCUT2D eigenvalue weighted by Crippen LogP contribution is 2.26. The van der Waals surface area contributed by atoms with E-state index in [0.717, 1.165) is 12.8 Å². The fourth-order valence-electron chi connectivity index (χ4n) is 1.25. The molecule has 1 amide bonds. The van der Waals surface area contributed by atoms with Crippen molar-refractivity contribution in [3.8, 4) is 0 Å². The van der Waals surface area contributed by atoms with Crippen molar-refractivity contribution in [1.29, 1.82) is 0 Å². The summed E-state index contributed by atoms with van der Waals surface area (Å²) in [4.78, 5) is 13.3. The van der Waals surface area contributed by atoms with Crippen molar-refractivity contribution in [2.45, 2.75) is 25.3 Å². The van der Waals surface area contributed by atoms with Crippen LogP contribution in [0.25, 0.3) is 0 Å². The number of amides is 1. The Morgan fingerprint density at radius 2 is 2.33 bits per heavy atom. The molecule has 3 heteroatoms. The molecule has 0 aromatic carbocycles. The third kappa shape index (κ3) is 2.34. The molecule has 0 heterocycles. The Bertz CT molecular complexity index is 175. The molecule has 0 bridgehead atoms. The summed E-state index contributed by atoms with van der Waals surface area (Å²) in [5.74, 6) is 0.167. The summed E-state index contributed by atoms with van der Waals surface area (Å²) in [5.41, 5.74) is 5.31. The Kier molecular flexibility index (Phi) is 3.29. The van der Waals surface area contributed by atoms with Crippen molar-refractivity contribution >= 4 is 5.91 Å². The molecule has 0 saturated heterocycles. The number of rotatable bonds is 5. The zero-order valence-electron chi connectivity index (χ0n) is 7.33. The third-order valence-electron chi connectivity index (χ3n) is 1.99. The summed E-state index contributed by atoms with van der Waals surface area (Å²) in [5, 5.41) is 0. The minimum Gasteiger partial charge on any atom is -0.336 e. The summed E-state index contributed by atoms with van der Waals surface area (Å²) in [6, 6.07) is 0.474. The quantitative estimate of drug-likeness (QED) is 0.608. The molecule has 1 aliphatic carbocycles. The van der Waals surface area contributed by atoms with E-state index in [0.29, 0.717) is 25.6 Å². The highest BCUT2D eigenvalue weighted by molar-refractivity contribution is 5.77. The van der Waals surface area contributed by atoms with Gasteiger partial charge >= 0.3 is 0 Å². The van der Waals surface area contributed by atoms with Gasteiger partial charge in [0.25, 0.3) is 0 Å². The fourth-order valence-corrected chi connectivity index (χ4v) is 1.25. The van der Waals surface area contributed by atoms with Crippen LogP contribution in [-0.4, -0.2) is 29.9 Å². The maximum absolute atomic E-state index is 11.4. The molecule has 0 radical (unpaired) electrons. The molecule has 1 saturated carbocycles. The van der Waals surface area contributed by atoms with Gasteiger partial charge in [0, 0.05) is 25.6 Å². The predicted octanol–water partition coefficient (Wildman–Crippen LogP) is 0.512. The van der Waals surface area contributed by atoms with Crippen LogP contribution in [0.1, 0.15) is 19.3 Å². The number of nitrogens with two attached hydrogens (primary N) is 1. The lowest BCUT2D eigenvalue weighted by Crippen LogP contribution is -2.34. The maximum Gasteiger partial charge on any atom is 0.224 e. The molecular formula is C9H16N2O. The van der Waals surface area contributed by atoms with E-state index in [9.17, 15) is 4.79 Å². The van der Waals surface area contributed by atoms with Gasteiger partial charge in [0.1, 0.15) is 0 Å². The fraction of sp³-hybridized carbons (Fsp3) is 0.667. The molecule has 0 aliphatic heterocycles. The van der Waals surface area contributed by atoms with Gasteiger partial charge in [-0.05, 0) is 12.8 Å². The minimum atomic E-state index is 0.167. The molecule has 0 aromatic rings. The van der Waals surface area contributed by atoms with Crippen molar-refractivity contribution in [3.63, 3.8) is 0 Å². The van der Waals surface area contributed by atoms with E-state index < -0.39 is 0 Å². The molecular weight excluding hydrogens is 152 g/mol. The van der Waals surface area contributed by atoms with E-state index in [-0.39, 0.29) is 5.91 Å². The van der Waals surface area contributed by atoms with Gasteiger partial charge in [-0.2, -0.15) is 0 Å². The molecule has 1 rings (SSSR count). The first-order valence-electron chi connectivity index (χ1n) is 4.40. The average molecular weight is 168 g/mol. The van der Waals surface area contributed by atoms with Crippen LogP contribution in [0.3, 0.4) is 0 Å². The van der Waals surface area contributed by atoms with Crippen LogP contribution < -0.4 is 5.73 Å². The topological polar surface area (TPSA) is 46.3 Å². The van der Waals surface area contributed by atoms with E-state index in [1.165, 1.54) is 0 Å². The van der Waals surface area contributed by atoms with Crippen molar-refractivity contribution in [2.24, 2.45) is 5.73 Å². The number of hydrogen-bond acceptors (Lipinski definition) is 2. The minimum absolute atomic E-state index is 0.167. The van der Waals surface area contributed by atoms with Gasteiger partial charge < -0.3 is 10.6 Å². The number of carbonyl (C=O) groups excluding carboxylic acids is 1. The maximum atomic E-state index is 11.4. The van der Waals surface area contributed by atoms with Gasteiger partial charge in [-0.25, -0.2) is 0 Å². The van der Waals surface area contributed by atoms with Crippen LogP contribution in [-0.2, 0) is 4.79 Å². The Morgan fingerprint density at radius 1 is 1.67 bits per heavy atom. The number of nitrogens with zero attached hydrogens (tertiary/aromatic N) is 1. The van der Waals surface area contributed by atoms with Crippen molar-refractivity contribution in [1.82, 2.24) is 4.90 Å². The highest BCUT2D eigenvalue weighted by atomic mass is 16.2. The predicted molar refractivity (Wildman–Crippen MR) is 48.6 cm³/mol. The van der Waals surface area contributed by atoms with E-state index in [1.807, 2.05) is 4.90 Å². The monoisotopic (exact) mass is 168 g/mol. The number of carbonyl (C=O) groups is 1. The van der Waals surface area contributed by atoms with Gasteiger partial charge in [0.2, 0.25) is 5.91 Å². The van der Waals surface area contributed by atoms with E-state index in [2.05, 4.69) is 6.58 Å². The molecule has 3 nitrogen and oxygen atoms in total. The molecule has 2 N–H and O–H groups in total. The summed E-state index contributed by atoms with van der Waals surface area (Å²) >= 11 is 0. The second kappa shape index (κ2) is 4.26. The Balaban J connectivity index is 2.39. The van der Waals surface area contributed by atoms with E-state index >= 15 is 0 Å². The van der Waals surface area contributed by atoms with Crippen molar-refractivity contribution in [2.75, 3.05) is 13.1 Å². The molecule has 0 atom stereocenters. The van der Waals surface area contributed by atoms with Gasteiger partial charge in [-0.3, -0.25) is 4.79 Å². The van der Waals surface area contributed by atoms with Crippen LogP contribution in [0.15, 0.2) is 12.7 Å². The first-order chi connectivity index (χ1) is 5.79. The second-order valence-electron chi connectivity index (χ2n) is 3.10. The third-order valence-corrected chi connectivity index (χ3v) is 1.99. The molecule has 0 unspecified atom stereocenters. The van der Waals surface area contributed by atoms with Crippen LogP contribution in [0.5, 0.6) is 0 Å². The SMILES string of the molecule is C=CCN(C(=O)CCN)C1CC1. The summed E-state index contributed by atoms with van der Waals surface area (Å²) in [6.07, 6.45) is 4.52. The van der Waals surface area contributed by atoms with Gasteiger partial charge in [-0.1, -0.05) is 6.08 Å². The van der Waals surface area contributed by atoms with Gasteiger partial charge in [-0.15, -0.1) is 6.58 Å². The van der Waals surface area contributed by atoms with Crippen LogP contribution >= 0.6 is 0 Å². The molecule has 0 spiro atoms. The normalized spacial score (nSPS) is 15.8. The lowest BCUT2D eigenvalue weighted by Gasteiger charge is -2.19. The zero-order chi connectivity index (χ0) is 8.97. The molecule has 12 heavy (non-hydrogen) atoms. The first kappa shape index (κ1) is 9.26. The standard InChI is InChI=1S/C9H16N2O/c1-2-7-11(8-3-4-8)9(12)5-6-10/h2,8H,1,3-7,10H2. The molecule has 1 aliphatic rings. The molecule has 1 fully saturated rings. The van der Waals surface area contributed by atoms with Crippen LogP contribution in [0.2, 0.25) is 0 Å². The van der Waals surface area contributed by atoms with Gasteiger partial charge in [0.15, 0.2) is 0 Å².